The summed E-state index contributed by atoms with van der Waals surface area (Å²) in [4.78, 5) is -0.165. The summed E-state index contributed by atoms with van der Waals surface area (Å²) in [5.74, 6) is 0. The molecule has 3 aromatic carbocycles. The summed E-state index contributed by atoms with van der Waals surface area (Å²) in [5, 5.41) is 5.90. The van der Waals surface area contributed by atoms with Crippen LogP contribution in [0.2, 0.25) is 0 Å². The molecule has 1 aliphatic rings. The maximum atomic E-state index is 12.9. The lowest BCUT2D eigenvalue weighted by Crippen LogP contribution is -2.52. The number of alkyl halides is 3. The van der Waals surface area contributed by atoms with Crippen LogP contribution in [0.25, 0.3) is 10.8 Å². The van der Waals surface area contributed by atoms with E-state index in [1.165, 1.54) is 0 Å². The minimum absolute atomic E-state index is 0.00252. The van der Waals surface area contributed by atoms with Gasteiger partial charge >= 0.3 is 6.18 Å². The Kier molecular flexibility index (Phi) is 6.79. The third-order valence-electron chi connectivity index (χ3n) is 6.32. The van der Waals surface area contributed by atoms with E-state index in [9.17, 15) is 21.6 Å². The highest BCUT2D eigenvalue weighted by molar-refractivity contribution is 7.89. The molecular weight excluding hydrogens is 449 g/mol. The number of nitrogens with one attached hydrogen (secondary N) is 2. The van der Waals surface area contributed by atoms with E-state index in [1.54, 1.807) is 0 Å². The van der Waals surface area contributed by atoms with Crippen LogP contribution >= 0.6 is 0 Å². The Morgan fingerprint density at radius 1 is 0.879 bits per heavy atom. The highest BCUT2D eigenvalue weighted by Gasteiger charge is 2.33. The van der Waals surface area contributed by atoms with E-state index in [4.69, 9.17) is 0 Å². The maximum Gasteiger partial charge on any atom is 0.416 e. The van der Waals surface area contributed by atoms with Crippen molar-refractivity contribution in [2.75, 3.05) is 0 Å². The van der Waals surface area contributed by atoms with Crippen LogP contribution in [0.1, 0.15) is 49.8 Å². The van der Waals surface area contributed by atoms with Crippen molar-refractivity contribution in [3.63, 3.8) is 0 Å². The van der Waals surface area contributed by atoms with Gasteiger partial charge in [-0.15, -0.1) is 0 Å². The number of fused-ring (bicyclic) bond motifs is 1. The molecule has 1 saturated carbocycles. The number of sulfonamides is 1. The molecule has 176 valence electrons. The fourth-order valence-electron chi connectivity index (χ4n) is 4.60. The monoisotopic (exact) mass is 476 g/mol. The van der Waals surface area contributed by atoms with Crippen molar-refractivity contribution in [3.8, 4) is 0 Å². The molecule has 0 radical (unpaired) electrons. The van der Waals surface area contributed by atoms with Crippen LogP contribution in [0.3, 0.4) is 0 Å². The first-order chi connectivity index (χ1) is 15.6. The van der Waals surface area contributed by atoms with Crippen molar-refractivity contribution in [3.05, 3.63) is 77.9 Å². The van der Waals surface area contributed by atoms with Gasteiger partial charge in [0.15, 0.2) is 0 Å². The molecule has 3 aromatic rings. The standard InChI is InChI=1S/C25H27F3N2O2S/c1-17(21-10-6-8-18-7-2-3-9-22(18)21)29-23-11-4-5-12-24(23)30-33(31,32)20-15-13-19(14-16-20)25(26,27)28/h2-3,6-10,13-17,23-24,29-30H,4-5,11-12H2,1H3/t17?,23-,24-/m1/s1. The Bertz CT molecular complexity index is 1210. The van der Waals surface area contributed by atoms with Gasteiger partial charge in [-0.3, -0.25) is 0 Å². The maximum absolute atomic E-state index is 12.9. The Hall–Kier alpha value is -2.42. The van der Waals surface area contributed by atoms with E-state index in [2.05, 4.69) is 41.2 Å². The Labute approximate surface area is 192 Å². The van der Waals surface area contributed by atoms with Gasteiger partial charge in [0.1, 0.15) is 0 Å². The molecule has 0 spiro atoms. The highest BCUT2D eigenvalue weighted by atomic mass is 32.2. The lowest BCUT2D eigenvalue weighted by Gasteiger charge is -2.35. The summed E-state index contributed by atoms with van der Waals surface area (Å²) in [6, 6.07) is 17.5. The number of rotatable bonds is 6. The van der Waals surface area contributed by atoms with Crippen LogP contribution in [0.4, 0.5) is 13.2 Å². The third kappa shape index (κ3) is 5.39. The number of hydrogen-bond donors (Lipinski definition) is 2. The first kappa shape index (κ1) is 23.7. The first-order valence-electron chi connectivity index (χ1n) is 11.1. The molecule has 1 unspecified atom stereocenters. The van der Waals surface area contributed by atoms with Crippen LogP contribution < -0.4 is 10.0 Å². The average molecular weight is 477 g/mol. The minimum Gasteiger partial charge on any atom is -0.306 e. The minimum atomic E-state index is -4.51. The normalized spacial score (nSPS) is 20.6. The van der Waals surface area contributed by atoms with Gasteiger partial charge in [-0.25, -0.2) is 13.1 Å². The zero-order valence-electron chi connectivity index (χ0n) is 18.3. The van der Waals surface area contributed by atoms with Crippen molar-refractivity contribution < 1.29 is 21.6 Å². The second-order valence-electron chi connectivity index (χ2n) is 8.60. The molecule has 0 amide bonds. The van der Waals surface area contributed by atoms with Gasteiger partial charge in [-0.05, 0) is 60.4 Å². The molecule has 0 aliphatic heterocycles. The van der Waals surface area contributed by atoms with Crippen LogP contribution in [0.5, 0.6) is 0 Å². The topological polar surface area (TPSA) is 58.2 Å². The highest BCUT2D eigenvalue weighted by Crippen LogP contribution is 2.31. The third-order valence-corrected chi connectivity index (χ3v) is 7.82. The zero-order chi connectivity index (χ0) is 23.6. The molecule has 2 N–H and O–H groups in total. The second kappa shape index (κ2) is 9.44. The van der Waals surface area contributed by atoms with Gasteiger partial charge in [-0.1, -0.05) is 55.3 Å². The van der Waals surface area contributed by atoms with E-state index in [-0.39, 0.29) is 23.0 Å². The summed E-state index contributed by atoms with van der Waals surface area (Å²) in [6.07, 6.45) is -1.15. The van der Waals surface area contributed by atoms with E-state index in [1.807, 2.05) is 18.2 Å². The van der Waals surface area contributed by atoms with Gasteiger partial charge in [0.2, 0.25) is 10.0 Å². The predicted molar refractivity (Wildman–Crippen MR) is 123 cm³/mol. The molecule has 1 aliphatic carbocycles. The molecule has 4 nitrogen and oxygen atoms in total. The Morgan fingerprint density at radius 3 is 2.21 bits per heavy atom. The molecule has 0 aromatic heterocycles. The fourth-order valence-corrected chi connectivity index (χ4v) is 5.91. The summed E-state index contributed by atoms with van der Waals surface area (Å²) >= 11 is 0. The van der Waals surface area contributed by atoms with Crippen molar-refractivity contribution in [2.24, 2.45) is 0 Å². The van der Waals surface area contributed by atoms with E-state index in [0.29, 0.717) is 6.42 Å². The smallest absolute Gasteiger partial charge is 0.306 e. The van der Waals surface area contributed by atoms with Crippen LogP contribution in [-0.4, -0.2) is 20.5 Å². The largest absolute Gasteiger partial charge is 0.416 e. The van der Waals surface area contributed by atoms with Crippen molar-refractivity contribution in [2.45, 2.75) is 61.8 Å². The molecule has 0 saturated heterocycles. The lowest BCUT2D eigenvalue weighted by atomic mass is 9.89. The summed E-state index contributed by atoms with van der Waals surface area (Å²) in [5.41, 5.74) is 0.269. The van der Waals surface area contributed by atoms with Crippen LogP contribution in [0.15, 0.2) is 71.6 Å². The second-order valence-corrected chi connectivity index (χ2v) is 10.3. The van der Waals surface area contributed by atoms with Crippen molar-refractivity contribution in [1.29, 1.82) is 0 Å². The molecule has 0 heterocycles. The van der Waals surface area contributed by atoms with Gasteiger partial charge < -0.3 is 5.32 Å². The summed E-state index contributed by atoms with van der Waals surface area (Å²) in [7, 11) is -3.95. The quantitative estimate of drug-likeness (QED) is 0.473. The molecule has 0 bridgehead atoms. The fraction of sp³-hybridized carbons (Fsp3) is 0.360. The van der Waals surface area contributed by atoms with Crippen molar-refractivity contribution in [1.82, 2.24) is 10.0 Å². The Balaban J connectivity index is 1.51. The molecular formula is C25H27F3N2O2S. The summed E-state index contributed by atoms with van der Waals surface area (Å²) < 4.78 is 67.1. The van der Waals surface area contributed by atoms with Crippen molar-refractivity contribution >= 4 is 20.8 Å². The average Bonchev–Trinajstić information content (AvgIpc) is 2.79. The molecule has 3 atom stereocenters. The molecule has 4 rings (SSSR count). The first-order valence-corrected chi connectivity index (χ1v) is 12.6. The SMILES string of the molecule is CC(N[C@@H]1CCCC[C@H]1NS(=O)(=O)c1ccc(C(F)(F)F)cc1)c1cccc2ccccc12. The predicted octanol–water partition coefficient (Wildman–Crippen LogP) is 5.80. The van der Waals surface area contributed by atoms with E-state index < -0.39 is 21.8 Å². The van der Waals surface area contributed by atoms with E-state index in [0.717, 1.165) is 59.9 Å². The molecule has 1 fully saturated rings. The summed E-state index contributed by atoms with van der Waals surface area (Å²) in [6.45, 7) is 2.07. The molecule has 33 heavy (non-hydrogen) atoms. The zero-order valence-corrected chi connectivity index (χ0v) is 19.1. The van der Waals surface area contributed by atoms with Crippen LogP contribution in [0, 0.1) is 0 Å². The van der Waals surface area contributed by atoms with Gasteiger partial charge in [-0.2, -0.15) is 13.2 Å². The number of benzene rings is 3. The number of halogens is 3. The number of hydrogen-bond acceptors (Lipinski definition) is 3. The van der Waals surface area contributed by atoms with Gasteiger partial charge in [0, 0.05) is 18.1 Å². The van der Waals surface area contributed by atoms with Gasteiger partial charge in [0.05, 0.1) is 10.5 Å². The molecule has 8 heteroatoms. The van der Waals surface area contributed by atoms with Crippen LogP contribution in [-0.2, 0) is 16.2 Å². The Morgan fingerprint density at radius 2 is 1.52 bits per heavy atom. The van der Waals surface area contributed by atoms with E-state index >= 15 is 0 Å². The lowest BCUT2D eigenvalue weighted by molar-refractivity contribution is -0.137. The van der Waals surface area contributed by atoms with Gasteiger partial charge in [0.25, 0.3) is 0 Å².